The van der Waals surface area contributed by atoms with Gasteiger partial charge >= 0.3 is 6.18 Å². The van der Waals surface area contributed by atoms with Gasteiger partial charge in [0.05, 0.1) is 24.6 Å². The van der Waals surface area contributed by atoms with E-state index in [1.54, 1.807) is 6.20 Å². The molecule has 1 aromatic rings. The van der Waals surface area contributed by atoms with Gasteiger partial charge in [-0.15, -0.1) is 11.3 Å². The second-order valence-electron chi connectivity index (χ2n) is 3.34. The van der Waals surface area contributed by atoms with Crippen molar-refractivity contribution in [2.45, 2.75) is 19.6 Å². The Morgan fingerprint density at radius 2 is 2.24 bits per heavy atom. The highest BCUT2D eigenvalue weighted by Gasteiger charge is 2.26. The molecule has 0 fully saturated rings. The molecule has 0 atom stereocenters. The van der Waals surface area contributed by atoms with Crippen LogP contribution in [0.25, 0.3) is 0 Å². The molecule has 0 spiro atoms. The number of aryl methyl sites for hydroxylation is 1. The lowest BCUT2D eigenvalue weighted by Gasteiger charge is -2.08. The normalized spacial score (nSPS) is 11.5. The molecule has 1 rings (SSSR count). The molecule has 0 unspecified atom stereocenters. The minimum Gasteiger partial charge on any atom is -0.350 e. The first-order valence-corrected chi connectivity index (χ1v) is 5.64. The Kier molecular flexibility index (Phi) is 4.88. The van der Waals surface area contributed by atoms with Gasteiger partial charge in [-0.1, -0.05) is 0 Å². The first-order chi connectivity index (χ1) is 7.87. The minimum atomic E-state index is -4.30. The number of hydrogen-bond donors (Lipinski definition) is 2. The van der Waals surface area contributed by atoms with Crippen molar-refractivity contribution < 1.29 is 18.0 Å². The number of rotatable bonds is 5. The Morgan fingerprint density at radius 3 is 2.76 bits per heavy atom. The lowest BCUT2D eigenvalue weighted by atomic mass is 10.5. The number of thiazole rings is 1. The van der Waals surface area contributed by atoms with Crippen LogP contribution in [0.15, 0.2) is 6.20 Å². The summed E-state index contributed by atoms with van der Waals surface area (Å²) in [4.78, 5) is 16.0. The lowest BCUT2D eigenvalue weighted by molar-refractivity contribution is -0.128. The second kappa shape index (κ2) is 5.97. The van der Waals surface area contributed by atoms with Crippen molar-refractivity contribution in [2.75, 3.05) is 13.1 Å². The van der Waals surface area contributed by atoms with Gasteiger partial charge in [-0.05, 0) is 6.92 Å². The van der Waals surface area contributed by atoms with Crippen molar-refractivity contribution in [2.24, 2.45) is 0 Å². The summed E-state index contributed by atoms with van der Waals surface area (Å²) in [6.07, 6.45) is -2.67. The zero-order valence-electron chi connectivity index (χ0n) is 9.10. The van der Waals surface area contributed by atoms with Crippen LogP contribution < -0.4 is 10.6 Å². The van der Waals surface area contributed by atoms with Crippen LogP contribution >= 0.6 is 11.3 Å². The Bertz CT molecular complexity index is 378. The SMILES string of the molecule is Cc1ncc(CNC(=O)CNCC(F)(F)F)s1. The van der Waals surface area contributed by atoms with Crippen LogP contribution in [-0.4, -0.2) is 30.2 Å². The maximum absolute atomic E-state index is 11.8. The van der Waals surface area contributed by atoms with E-state index in [4.69, 9.17) is 0 Å². The Labute approximate surface area is 100 Å². The highest BCUT2D eigenvalue weighted by Crippen LogP contribution is 2.12. The van der Waals surface area contributed by atoms with Crippen LogP contribution in [0.2, 0.25) is 0 Å². The third-order valence-electron chi connectivity index (χ3n) is 1.74. The molecule has 0 aliphatic carbocycles. The fraction of sp³-hybridized carbons (Fsp3) is 0.556. The standard InChI is InChI=1S/C9H12F3N3OS/c1-6-14-2-7(17-6)3-15-8(16)4-13-5-9(10,11)12/h2,13H,3-5H2,1H3,(H,15,16). The Morgan fingerprint density at radius 1 is 1.53 bits per heavy atom. The first-order valence-electron chi connectivity index (χ1n) is 4.82. The number of carbonyl (C=O) groups is 1. The molecule has 0 radical (unpaired) electrons. The molecule has 1 amide bonds. The molecule has 0 bridgehead atoms. The van der Waals surface area contributed by atoms with Crippen molar-refractivity contribution >= 4 is 17.2 Å². The van der Waals surface area contributed by atoms with E-state index in [1.807, 2.05) is 12.2 Å². The summed E-state index contributed by atoms with van der Waals surface area (Å²) in [5.41, 5.74) is 0. The maximum Gasteiger partial charge on any atom is 0.401 e. The quantitative estimate of drug-likeness (QED) is 0.843. The van der Waals surface area contributed by atoms with Crippen LogP contribution in [0, 0.1) is 6.92 Å². The van der Waals surface area contributed by atoms with Gasteiger partial charge in [0.15, 0.2) is 0 Å². The smallest absolute Gasteiger partial charge is 0.350 e. The van der Waals surface area contributed by atoms with Crippen LogP contribution in [0.5, 0.6) is 0 Å². The number of nitrogens with zero attached hydrogens (tertiary/aromatic N) is 1. The molecular weight excluding hydrogens is 255 g/mol. The molecule has 1 aromatic heterocycles. The van der Waals surface area contributed by atoms with E-state index in [2.05, 4.69) is 10.3 Å². The van der Waals surface area contributed by atoms with Gasteiger partial charge < -0.3 is 10.6 Å². The maximum atomic E-state index is 11.8. The van der Waals surface area contributed by atoms with E-state index in [0.29, 0.717) is 0 Å². The molecular formula is C9H12F3N3OS. The average Bonchev–Trinajstić information content (AvgIpc) is 2.59. The van der Waals surface area contributed by atoms with E-state index in [-0.39, 0.29) is 13.1 Å². The molecule has 0 aliphatic heterocycles. The first kappa shape index (κ1) is 13.9. The Balaban J connectivity index is 2.18. The van der Waals surface area contributed by atoms with Gasteiger partial charge in [-0.25, -0.2) is 4.98 Å². The van der Waals surface area contributed by atoms with Crippen molar-refractivity contribution in [3.63, 3.8) is 0 Å². The summed E-state index contributed by atoms with van der Waals surface area (Å²) >= 11 is 1.43. The third kappa shape index (κ3) is 6.22. The van der Waals surface area contributed by atoms with Crippen molar-refractivity contribution in [1.82, 2.24) is 15.6 Å². The summed E-state index contributed by atoms with van der Waals surface area (Å²) in [5, 5.41) is 5.40. The molecule has 0 saturated heterocycles. The molecule has 96 valence electrons. The fourth-order valence-electron chi connectivity index (χ4n) is 1.05. The van der Waals surface area contributed by atoms with E-state index >= 15 is 0 Å². The predicted molar refractivity (Wildman–Crippen MR) is 57.6 cm³/mol. The molecule has 0 aliphatic rings. The summed E-state index contributed by atoms with van der Waals surface area (Å²) in [5.74, 6) is -0.472. The molecule has 17 heavy (non-hydrogen) atoms. The van der Waals surface area contributed by atoms with Gasteiger partial charge in [-0.3, -0.25) is 4.79 Å². The molecule has 2 N–H and O–H groups in total. The minimum absolute atomic E-state index is 0.290. The topological polar surface area (TPSA) is 54.0 Å². The molecule has 0 aromatic carbocycles. The molecule has 1 heterocycles. The van der Waals surface area contributed by atoms with Crippen molar-refractivity contribution in [3.05, 3.63) is 16.1 Å². The summed E-state index contributed by atoms with van der Waals surface area (Å²) < 4.78 is 35.3. The zero-order valence-corrected chi connectivity index (χ0v) is 9.91. The van der Waals surface area contributed by atoms with Gasteiger partial charge in [-0.2, -0.15) is 13.2 Å². The van der Waals surface area contributed by atoms with Crippen molar-refractivity contribution in [1.29, 1.82) is 0 Å². The van der Waals surface area contributed by atoms with Gasteiger partial charge in [0.2, 0.25) is 5.91 Å². The largest absolute Gasteiger partial charge is 0.401 e. The van der Waals surface area contributed by atoms with Gasteiger partial charge in [0, 0.05) is 11.1 Å². The van der Waals surface area contributed by atoms with E-state index in [1.165, 1.54) is 11.3 Å². The number of carbonyl (C=O) groups excluding carboxylic acids is 1. The van der Waals surface area contributed by atoms with Crippen LogP contribution in [0.3, 0.4) is 0 Å². The van der Waals surface area contributed by atoms with Gasteiger partial charge in [0.1, 0.15) is 0 Å². The lowest BCUT2D eigenvalue weighted by Crippen LogP contribution is -2.37. The Hall–Kier alpha value is -1.15. The number of amides is 1. The zero-order chi connectivity index (χ0) is 12.9. The van der Waals surface area contributed by atoms with E-state index < -0.39 is 18.6 Å². The predicted octanol–water partition coefficient (Wildman–Crippen LogP) is 1.22. The number of alkyl halides is 3. The third-order valence-corrected chi connectivity index (χ3v) is 2.65. The highest BCUT2D eigenvalue weighted by atomic mass is 32.1. The van der Waals surface area contributed by atoms with Gasteiger partial charge in [0.25, 0.3) is 0 Å². The second-order valence-corrected chi connectivity index (χ2v) is 4.66. The number of hydrogen-bond acceptors (Lipinski definition) is 4. The van der Waals surface area contributed by atoms with Crippen LogP contribution in [0.4, 0.5) is 13.2 Å². The summed E-state index contributed by atoms with van der Waals surface area (Å²) in [6.45, 7) is 0.607. The summed E-state index contributed by atoms with van der Waals surface area (Å²) in [6, 6.07) is 0. The number of halogens is 3. The van der Waals surface area contributed by atoms with Crippen LogP contribution in [0.1, 0.15) is 9.88 Å². The molecule has 8 heteroatoms. The van der Waals surface area contributed by atoms with Crippen LogP contribution in [-0.2, 0) is 11.3 Å². The fourth-order valence-corrected chi connectivity index (χ4v) is 1.79. The molecule has 4 nitrogen and oxygen atoms in total. The number of aromatic nitrogens is 1. The number of nitrogens with one attached hydrogen (secondary N) is 2. The van der Waals surface area contributed by atoms with E-state index in [0.717, 1.165) is 9.88 Å². The highest BCUT2D eigenvalue weighted by molar-refractivity contribution is 7.11. The monoisotopic (exact) mass is 267 g/mol. The molecule has 0 saturated carbocycles. The average molecular weight is 267 g/mol. The summed E-state index contributed by atoms with van der Waals surface area (Å²) in [7, 11) is 0. The van der Waals surface area contributed by atoms with E-state index in [9.17, 15) is 18.0 Å². The van der Waals surface area contributed by atoms with Crippen molar-refractivity contribution in [3.8, 4) is 0 Å².